The lowest BCUT2D eigenvalue weighted by atomic mass is 10.1. The lowest BCUT2D eigenvalue weighted by Gasteiger charge is -2.21. The maximum absolute atomic E-state index is 11.2. The Morgan fingerprint density at radius 2 is 2.11 bits per heavy atom. The summed E-state index contributed by atoms with van der Waals surface area (Å²) in [6, 6.07) is 4.86. The number of carbonyl (C=O) groups is 2. The van der Waals surface area contributed by atoms with Crippen molar-refractivity contribution in [2.75, 3.05) is 6.61 Å². The van der Waals surface area contributed by atoms with E-state index in [9.17, 15) is 9.59 Å². The third-order valence-electron chi connectivity index (χ3n) is 2.53. The minimum atomic E-state index is -1.07. The molecule has 0 saturated heterocycles. The van der Waals surface area contributed by atoms with Gasteiger partial charge in [-0.3, -0.25) is 4.79 Å². The molecule has 0 radical (unpaired) electrons. The molecule has 0 fully saturated rings. The Labute approximate surface area is 112 Å². The predicted octanol–water partition coefficient (Wildman–Crippen LogP) is 2.39. The van der Waals surface area contributed by atoms with Crippen LogP contribution < -0.4 is 9.47 Å². The van der Waals surface area contributed by atoms with Gasteiger partial charge in [-0.2, -0.15) is 0 Å². The zero-order chi connectivity index (χ0) is 14.4. The van der Waals surface area contributed by atoms with Gasteiger partial charge >= 0.3 is 5.97 Å². The van der Waals surface area contributed by atoms with Crippen LogP contribution in [0.4, 0.5) is 0 Å². The number of rotatable bonds is 7. The van der Waals surface area contributed by atoms with Gasteiger partial charge in [0.15, 0.2) is 23.9 Å². The summed E-state index contributed by atoms with van der Waals surface area (Å²) >= 11 is 0. The van der Waals surface area contributed by atoms with Gasteiger partial charge in [0.05, 0.1) is 12.2 Å². The minimum Gasteiger partial charge on any atom is -0.490 e. The number of benzene rings is 1. The fourth-order valence-electron chi connectivity index (χ4n) is 1.62. The highest BCUT2D eigenvalue weighted by atomic mass is 16.5. The van der Waals surface area contributed by atoms with E-state index in [1.165, 1.54) is 0 Å². The lowest BCUT2D eigenvalue weighted by Crippen LogP contribution is -2.32. The van der Waals surface area contributed by atoms with Crippen molar-refractivity contribution in [3.05, 3.63) is 23.8 Å². The van der Waals surface area contributed by atoms with Gasteiger partial charge in [-0.05, 0) is 19.1 Å². The van der Waals surface area contributed by atoms with Crippen LogP contribution in [0.1, 0.15) is 31.1 Å². The molecule has 0 aromatic heterocycles. The number of ether oxygens (including phenoxy) is 2. The monoisotopic (exact) mass is 266 g/mol. The molecule has 1 aromatic rings. The van der Waals surface area contributed by atoms with Crippen LogP contribution in [-0.2, 0) is 4.79 Å². The summed E-state index contributed by atoms with van der Waals surface area (Å²) in [6.45, 7) is 5.68. The van der Waals surface area contributed by atoms with Crippen LogP contribution in [0.3, 0.4) is 0 Å². The topological polar surface area (TPSA) is 72.8 Å². The highest BCUT2D eigenvalue weighted by molar-refractivity contribution is 5.82. The first-order valence-electron chi connectivity index (χ1n) is 6.11. The van der Waals surface area contributed by atoms with Crippen LogP contribution in [0.5, 0.6) is 11.5 Å². The molecule has 0 saturated carbocycles. The number of aliphatic carboxylic acids is 1. The molecular formula is C14H18O5. The van der Waals surface area contributed by atoms with E-state index < -0.39 is 12.1 Å². The average Bonchev–Trinajstić information content (AvgIpc) is 2.36. The van der Waals surface area contributed by atoms with E-state index in [0.717, 1.165) is 0 Å². The van der Waals surface area contributed by atoms with Gasteiger partial charge in [-0.15, -0.1) is 0 Å². The Morgan fingerprint density at radius 1 is 1.42 bits per heavy atom. The molecule has 1 unspecified atom stereocenters. The number of hydrogen-bond donors (Lipinski definition) is 1. The van der Waals surface area contributed by atoms with E-state index in [1.807, 2.05) is 0 Å². The van der Waals surface area contributed by atoms with Crippen LogP contribution in [0.25, 0.3) is 0 Å². The zero-order valence-corrected chi connectivity index (χ0v) is 11.3. The van der Waals surface area contributed by atoms with Gasteiger partial charge in [-0.25, -0.2) is 4.79 Å². The van der Waals surface area contributed by atoms with E-state index in [-0.39, 0.29) is 17.2 Å². The largest absolute Gasteiger partial charge is 0.490 e. The molecule has 0 aliphatic rings. The van der Waals surface area contributed by atoms with Crippen molar-refractivity contribution in [1.82, 2.24) is 0 Å². The second kappa shape index (κ2) is 6.78. The molecule has 0 amide bonds. The van der Waals surface area contributed by atoms with E-state index in [4.69, 9.17) is 14.6 Å². The number of carbonyl (C=O) groups excluding carboxylic acids is 1. The predicted molar refractivity (Wildman–Crippen MR) is 69.9 cm³/mol. The third-order valence-corrected chi connectivity index (χ3v) is 2.53. The summed E-state index contributed by atoms with van der Waals surface area (Å²) in [4.78, 5) is 22.2. The fraction of sp³-hybridized carbons (Fsp3) is 0.429. The Bertz CT molecular complexity index is 453. The Kier molecular flexibility index (Phi) is 5.36. The first-order valence-corrected chi connectivity index (χ1v) is 6.11. The maximum Gasteiger partial charge on any atom is 0.345 e. The van der Waals surface area contributed by atoms with E-state index in [1.54, 1.807) is 39.0 Å². The van der Waals surface area contributed by atoms with Gasteiger partial charge < -0.3 is 14.6 Å². The number of para-hydroxylation sites is 1. The lowest BCUT2D eigenvalue weighted by molar-refractivity contribution is -0.147. The molecule has 1 aromatic carbocycles. The second-order valence-electron chi connectivity index (χ2n) is 4.35. The highest BCUT2D eigenvalue weighted by Gasteiger charge is 2.26. The van der Waals surface area contributed by atoms with Crippen molar-refractivity contribution in [3.63, 3.8) is 0 Å². The molecule has 1 N–H and O–H groups in total. The second-order valence-corrected chi connectivity index (χ2v) is 4.35. The Morgan fingerprint density at radius 3 is 2.58 bits per heavy atom. The van der Waals surface area contributed by atoms with E-state index >= 15 is 0 Å². The molecule has 19 heavy (non-hydrogen) atoms. The number of hydrogen-bond acceptors (Lipinski definition) is 4. The summed E-state index contributed by atoms with van der Waals surface area (Å²) < 4.78 is 10.9. The Hall–Kier alpha value is -2.04. The number of carboxylic acids is 1. The Balaban J connectivity index is 3.15. The smallest absolute Gasteiger partial charge is 0.345 e. The molecule has 5 heteroatoms. The number of aldehydes is 1. The summed E-state index contributed by atoms with van der Waals surface area (Å²) in [5.41, 5.74) is 0.276. The standard InChI is InChI=1S/C14H18O5/c1-4-18-11-7-5-6-10(8-15)13(11)19-12(9(2)3)14(16)17/h5-9,12H,4H2,1-3H3,(H,16,17). The van der Waals surface area contributed by atoms with Crippen LogP contribution in [0, 0.1) is 5.92 Å². The normalized spacial score (nSPS) is 12.0. The van der Waals surface area contributed by atoms with Crippen molar-refractivity contribution in [2.24, 2.45) is 5.92 Å². The molecule has 0 spiro atoms. The summed E-state index contributed by atoms with van der Waals surface area (Å²) in [7, 11) is 0. The van der Waals surface area contributed by atoms with Gasteiger partial charge in [0.1, 0.15) is 0 Å². The van der Waals surface area contributed by atoms with Crippen molar-refractivity contribution < 1.29 is 24.2 Å². The molecule has 0 heterocycles. The molecule has 1 rings (SSSR count). The van der Waals surface area contributed by atoms with E-state index in [2.05, 4.69) is 0 Å². The molecule has 104 valence electrons. The van der Waals surface area contributed by atoms with Gasteiger partial charge in [-0.1, -0.05) is 19.9 Å². The van der Waals surface area contributed by atoms with E-state index in [0.29, 0.717) is 18.6 Å². The average molecular weight is 266 g/mol. The summed E-state index contributed by atoms with van der Waals surface area (Å²) in [5, 5.41) is 9.14. The molecule has 0 aliphatic heterocycles. The van der Waals surface area contributed by atoms with Crippen LogP contribution in [0.15, 0.2) is 18.2 Å². The van der Waals surface area contributed by atoms with Crippen molar-refractivity contribution in [3.8, 4) is 11.5 Å². The maximum atomic E-state index is 11.2. The first kappa shape index (κ1) is 15.0. The van der Waals surface area contributed by atoms with Gasteiger partial charge in [0, 0.05) is 5.92 Å². The van der Waals surface area contributed by atoms with Crippen LogP contribution in [-0.4, -0.2) is 30.1 Å². The zero-order valence-electron chi connectivity index (χ0n) is 11.3. The molecule has 0 bridgehead atoms. The number of carboxylic acid groups (broad SMARTS) is 1. The molecule has 5 nitrogen and oxygen atoms in total. The summed E-state index contributed by atoms with van der Waals surface area (Å²) in [5.74, 6) is -0.746. The highest BCUT2D eigenvalue weighted by Crippen LogP contribution is 2.32. The van der Waals surface area contributed by atoms with Crippen LogP contribution >= 0.6 is 0 Å². The van der Waals surface area contributed by atoms with Crippen molar-refractivity contribution >= 4 is 12.3 Å². The molecule has 0 aliphatic carbocycles. The quantitative estimate of drug-likeness (QED) is 0.767. The first-order chi connectivity index (χ1) is 9.01. The molecular weight excluding hydrogens is 248 g/mol. The molecule has 1 atom stereocenters. The van der Waals surface area contributed by atoms with Crippen LogP contribution in [0.2, 0.25) is 0 Å². The SMILES string of the molecule is CCOc1cccc(C=O)c1OC(C(=O)O)C(C)C. The van der Waals surface area contributed by atoms with Crippen molar-refractivity contribution in [1.29, 1.82) is 0 Å². The summed E-state index contributed by atoms with van der Waals surface area (Å²) in [6.07, 6.45) is -0.405. The van der Waals surface area contributed by atoms with Gasteiger partial charge in [0.2, 0.25) is 0 Å². The third kappa shape index (κ3) is 3.71. The van der Waals surface area contributed by atoms with Gasteiger partial charge in [0.25, 0.3) is 0 Å². The van der Waals surface area contributed by atoms with Crippen molar-refractivity contribution in [2.45, 2.75) is 26.9 Å². The fourth-order valence-corrected chi connectivity index (χ4v) is 1.62. The minimum absolute atomic E-state index is 0.181.